The molecule has 130 valence electrons. The van der Waals surface area contributed by atoms with Gasteiger partial charge < -0.3 is 4.52 Å². The molecule has 0 fully saturated rings. The van der Waals surface area contributed by atoms with Crippen LogP contribution in [0.5, 0.6) is 0 Å². The molecule has 6 nitrogen and oxygen atoms in total. The van der Waals surface area contributed by atoms with E-state index < -0.39 is 10.0 Å². The van der Waals surface area contributed by atoms with Gasteiger partial charge in [0.1, 0.15) is 0 Å². The van der Waals surface area contributed by atoms with E-state index in [0.29, 0.717) is 24.7 Å². The summed E-state index contributed by atoms with van der Waals surface area (Å²) in [6.07, 6.45) is 0.390. The van der Waals surface area contributed by atoms with Gasteiger partial charge in [0.15, 0.2) is 5.82 Å². The quantitative estimate of drug-likeness (QED) is 0.650. The summed E-state index contributed by atoms with van der Waals surface area (Å²) in [5.41, 5.74) is 1.60. The van der Waals surface area contributed by atoms with Crippen LogP contribution in [0.25, 0.3) is 11.5 Å². The van der Waals surface area contributed by atoms with Crippen LogP contribution < -0.4 is 0 Å². The summed E-state index contributed by atoms with van der Waals surface area (Å²) in [6.45, 7) is 0.295. The van der Waals surface area contributed by atoms with Crippen molar-refractivity contribution in [3.05, 3.63) is 72.1 Å². The second kappa shape index (κ2) is 7.58. The first-order chi connectivity index (χ1) is 12.0. The number of aromatic nitrogens is 2. The molecule has 25 heavy (non-hydrogen) atoms. The van der Waals surface area contributed by atoms with Crippen molar-refractivity contribution >= 4 is 10.0 Å². The van der Waals surface area contributed by atoms with E-state index in [-0.39, 0.29) is 5.75 Å². The molecule has 0 aliphatic carbocycles. The maximum Gasteiger partial charge on any atom is 0.257 e. The highest BCUT2D eigenvalue weighted by Gasteiger charge is 2.19. The minimum atomic E-state index is -3.38. The van der Waals surface area contributed by atoms with Crippen molar-refractivity contribution in [2.45, 2.75) is 12.2 Å². The molecule has 3 aromatic rings. The van der Waals surface area contributed by atoms with Gasteiger partial charge in [-0.15, -0.1) is 0 Å². The first-order valence-corrected chi connectivity index (χ1v) is 9.51. The van der Waals surface area contributed by atoms with Crippen LogP contribution in [0.4, 0.5) is 0 Å². The zero-order valence-electron chi connectivity index (χ0n) is 13.9. The monoisotopic (exact) mass is 357 g/mol. The Morgan fingerprint density at radius 1 is 1.00 bits per heavy atom. The van der Waals surface area contributed by atoms with Crippen molar-refractivity contribution < 1.29 is 12.9 Å². The summed E-state index contributed by atoms with van der Waals surface area (Å²) in [7, 11) is -1.82. The van der Waals surface area contributed by atoms with Crippen molar-refractivity contribution in [1.82, 2.24) is 14.4 Å². The van der Waals surface area contributed by atoms with Gasteiger partial charge in [-0.1, -0.05) is 53.7 Å². The van der Waals surface area contributed by atoms with Gasteiger partial charge in [-0.2, -0.15) is 4.98 Å². The van der Waals surface area contributed by atoms with Crippen LogP contribution in [0.3, 0.4) is 0 Å². The van der Waals surface area contributed by atoms with Gasteiger partial charge in [-0.05, 0) is 17.7 Å². The zero-order chi connectivity index (χ0) is 17.7. The van der Waals surface area contributed by atoms with Gasteiger partial charge in [0, 0.05) is 25.6 Å². The highest BCUT2D eigenvalue weighted by Crippen LogP contribution is 2.16. The first-order valence-electron chi connectivity index (χ1n) is 7.90. The lowest BCUT2D eigenvalue weighted by atomic mass is 10.2. The van der Waals surface area contributed by atoms with Gasteiger partial charge in [0.25, 0.3) is 5.89 Å². The molecule has 0 spiro atoms. The van der Waals surface area contributed by atoms with Crippen LogP contribution in [0.2, 0.25) is 0 Å². The average molecular weight is 357 g/mol. The standard InChI is InChI=1S/C18H19N3O3S/c1-21(25(22,23)14-15-8-4-2-5-9-15)13-12-17-19-18(24-20-17)16-10-6-3-7-11-16/h2-11H,12-14H2,1H3. The van der Waals surface area contributed by atoms with Gasteiger partial charge in [-0.25, -0.2) is 12.7 Å². The fourth-order valence-corrected chi connectivity index (χ4v) is 3.55. The molecule has 1 heterocycles. The molecule has 0 aliphatic heterocycles. The van der Waals surface area contributed by atoms with Crippen molar-refractivity contribution in [3.8, 4) is 11.5 Å². The fourth-order valence-electron chi connectivity index (χ4n) is 2.35. The highest BCUT2D eigenvalue weighted by atomic mass is 32.2. The van der Waals surface area contributed by atoms with Gasteiger partial charge in [-0.3, -0.25) is 0 Å². The Labute approximate surface area is 147 Å². The maximum atomic E-state index is 12.4. The summed E-state index contributed by atoms with van der Waals surface area (Å²) in [5, 5.41) is 3.92. The largest absolute Gasteiger partial charge is 0.334 e. The Bertz CT molecular complexity index is 909. The van der Waals surface area contributed by atoms with E-state index >= 15 is 0 Å². The lowest BCUT2D eigenvalue weighted by Crippen LogP contribution is -2.30. The number of benzene rings is 2. The molecule has 7 heteroatoms. The number of likely N-dealkylation sites (N-methyl/N-ethyl adjacent to an activating group) is 1. The third-order valence-corrected chi connectivity index (χ3v) is 5.64. The summed E-state index contributed by atoms with van der Waals surface area (Å²) < 4.78 is 31.4. The fraction of sp³-hybridized carbons (Fsp3) is 0.222. The Balaban J connectivity index is 1.60. The smallest absolute Gasteiger partial charge is 0.257 e. The lowest BCUT2D eigenvalue weighted by Gasteiger charge is -2.16. The normalized spacial score (nSPS) is 11.8. The van der Waals surface area contributed by atoms with E-state index in [4.69, 9.17) is 4.52 Å². The Kier molecular flexibility index (Phi) is 5.25. The predicted octanol–water partition coefficient (Wildman–Crippen LogP) is 2.74. The summed E-state index contributed by atoms with van der Waals surface area (Å²) in [5.74, 6) is 0.900. The van der Waals surface area contributed by atoms with Crippen LogP contribution in [0.1, 0.15) is 11.4 Å². The first kappa shape index (κ1) is 17.3. The number of rotatable bonds is 7. The Morgan fingerprint density at radius 2 is 1.64 bits per heavy atom. The molecule has 0 N–H and O–H groups in total. The molecular weight excluding hydrogens is 338 g/mol. The highest BCUT2D eigenvalue weighted by molar-refractivity contribution is 7.88. The van der Waals surface area contributed by atoms with Gasteiger partial charge in [0.2, 0.25) is 10.0 Å². The molecule has 2 aromatic carbocycles. The Morgan fingerprint density at radius 3 is 2.32 bits per heavy atom. The topological polar surface area (TPSA) is 76.3 Å². The second-order valence-corrected chi connectivity index (χ2v) is 7.77. The molecule has 0 saturated heterocycles. The second-order valence-electron chi connectivity index (χ2n) is 5.70. The SMILES string of the molecule is CN(CCc1noc(-c2ccccc2)n1)S(=O)(=O)Cc1ccccc1. The molecular formula is C18H19N3O3S. The van der Waals surface area contributed by atoms with Crippen LogP contribution in [-0.4, -0.2) is 36.5 Å². The van der Waals surface area contributed by atoms with Crippen molar-refractivity contribution in [2.24, 2.45) is 0 Å². The zero-order valence-corrected chi connectivity index (χ0v) is 14.7. The average Bonchev–Trinajstić information content (AvgIpc) is 3.10. The number of sulfonamides is 1. The molecule has 0 bridgehead atoms. The van der Waals surface area contributed by atoms with Crippen LogP contribution >= 0.6 is 0 Å². The molecule has 0 radical (unpaired) electrons. The van der Waals surface area contributed by atoms with E-state index in [1.54, 1.807) is 19.2 Å². The summed E-state index contributed by atoms with van der Waals surface area (Å²) in [6, 6.07) is 18.6. The molecule has 0 unspecified atom stereocenters. The molecule has 0 amide bonds. The maximum absolute atomic E-state index is 12.4. The lowest BCUT2D eigenvalue weighted by molar-refractivity contribution is 0.415. The molecule has 0 aliphatic rings. The Hall–Kier alpha value is -2.51. The van der Waals surface area contributed by atoms with Crippen LogP contribution in [0.15, 0.2) is 65.2 Å². The van der Waals surface area contributed by atoms with E-state index in [1.807, 2.05) is 48.5 Å². The van der Waals surface area contributed by atoms with Gasteiger partial charge in [0.05, 0.1) is 5.75 Å². The van der Waals surface area contributed by atoms with E-state index in [0.717, 1.165) is 11.1 Å². The number of hydrogen-bond acceptors (Lipinski definition) is 5. The minimum absolute atomic E-state index is 0.0220. The van der Waals surface area contributed by atoms with Crippen molar-refractivity contribution in [3.63, 3.8) is 0 Å². The summed E-state index contributed by atoms with van der Waals surface area (Å²) in [4.78, 5) is 4.32. The van der Waals surface area contributed by atoms with Crippen molar-refractivity contribution in [1.29, 1.82) is 0 Å². The number of hydrogen-bond donors (Lipinski definition) is 0. The molecule has 1 aromatic heterocycles. The van der Waals surface area contributed by atoms with E-state index in [9.17, 15) is 8.42 Å². The van der Waals surface area contributed by atoms with E-state index in [1.165, 1.54) is 4.31 Å². The molecule has 0 atom stereocenters. The third kappa shape index (κ3) is 4.52. The van der Waals surface area contributed by atoms with Crippen molar-refractivity contribution in [2.75, 3.05) is 13.6 Å². The summed E-state index contributed by atoms with van der Waals surface area (Å²) >= 11 is 0. The molecule has 0 saturated carbocycles. The third-order valence-electron chi connectivity index (χ3n) is 3.81. The number of nitrogens with zero attached hydrogens (tertiary/aromatic N) is 3. The predicted molar refractivity (Wildman–Crippen MR) is 95.1 cm³/mol. The minimum Gasteiger partial charge on any atom is -0.334 e. The van der Waals surface area contributed by atoms with Gasteiger partial charge >= 0.3 is 0 Å². The molecule has 3 rings (SSSR count). The van der Waals surface area contributed by atoms with Crippen LogP contribution in [-0.2, 0) is 22.2 Å². The van der Waals surface area contributed by atoms with E-state index in [2.05, 4.69) is 10.1 Å². The van der Waals surface area contributed by atoms with Crippen LogP contribution in [0, 0.1) is 0 Å².